The highest BCUT2D eigenvalue weighted by Crippen LogP contribution is 2.18. The van der Waals surface area contributed by atoms with Crippen molar-refractivity contribution in [3.63, 3.8) is 0 Å². The Hall–Kier alpha value is -2.21. The Morgan fingerprint density at radius 1 is 1.35 bits per heavy atom. The molecule has 0 saturated heterocycles. The van der Waals surface area contributed by atoms with Crippen molar-refractivity contribution in [3.8, 4) is 11.6 Å². The molecular weight excluding hydrogens is 279 g/mol. The number of halogens is 1. The van der Waals surface area contributed by atoms with Gasteiger partial charge in [-0.3, -0.25) is 0 Å². The molecule has 6 heteroatoms. The number of nitrogens with two attached hydrogens (primary N) is 1. The van der Waals surface area contributed by atoms with Crippen LogP contribution in [0.1, 0.15) is 11.3 Å². The van der Waals surface area contributed by atoms with E-state index in [9.17, 15) is 4.39 Å². The van der Waals surface area contributed by atoms with Gasteiger partial charge in [-0.05, 0) is 18.2 Å². The molecule has 0 aliphatic rings. The van der Waals surface area contributed by atoms with Crippen LogP contribution in [-0.4, -0.2) is 17.1 Å². The molecule has 2 rings (SSSR count). The Balaban J connectivity index is 2.07. The molecule has 0 aliphatic carbocycles. The second kappa shape index (κ2) is 6.29. The Kier molecular flexibility index (Phi) is 4.47. The van der Waals surface area contributed by atoms with Crippen molar-refractivity contribution in [2.24, 2.45) is 5.73 Å². The molecule has 0 saturated carbocycles. The van der Waals surface area contributed by atoms with Gasteiger partial charge in [0.25, 0.3) is 0 Å². The van der Waals surface area contributed by atoms with Gasteiger partial charge in [-0.15, -0.1) is 0 Å². The van der Waals surface area contributed by atoms with Gasteiger partial charge in [0.05, 0.1) is 12.8 Å². The van der Waals surface area contributed by atoms with Crippen LogP contribution in [0.5, 0.6) is 11.6 Å². The first-order valence-electron chi connectivity index (χ1n) is 5.82. The lowest BCUT2D eigenvalue weighted by Crippen LogP contribution is -2.11. The number of nitrogens with zero attached hydrogens (tertiary/aromatic N) is 1. The molecule has 0 aliphatic heterocycles. The SMILES string of the molecule is COc1cccc(COc2ccc(C(N)=S)c(F)c2)n1. The number of pyridine rings is 1. The molecule has 0 bridgehead atoms. The number of ether oxygens (including phenoxy) is 2. The Labute approximate surface area is 121 Å². The summed E-state index contributed by atoms with van der Waals surface area (Å²) in [5.74, 6) is 0.377. The first-order chi connectivity index (χ1) is 9.60. The predicted octanol–water partition coefficient (Wildman–Crippen LogP) is 2.44. The van der Waals surface area contributed by atoms with E-state index in [-0.39, 0.29) is 17.2 Å². The maximum absolute atomic E-state index is 13.7. The third-order valence-electron chi connectivity index (χ3n) is 2.58. The van der Waals surface area contributed by atoms with E-state index in [0.29, 0.717) is 17.3 Å². The van der Waals surface area contributed by atoms with E-state index in [2.05, 4.69) is 4.98 Å². The van der Waals surface area contributed by atoms with Crippen LogP contribution >= 0.6 is 12.2 Å². The van der Waals surface area contributed by atoms with Crippen LogP contribution in [0.25, 0.3) is 0 Å². The van der Waals surface area contributed by atoms with Crippen LogP contribution in [0, 0.1) is 5.82 Å². The molecule has 2 aromatic rings. The van der Waals surface area contributed by atoms with Gasteiger partial charge in [0, 0.05) is 17.7 Å². The summed E-state index contributed by atoms with van der Waals surface area (Å²) < 4.78 is 24.1. The van der Waals surface area contributed by atoms with Crippen molar-refractivity contribution in [1.82, 2.24) is 4.98 Å². The monoisotopic (exact) mass is 292 g/mol. The van der Waals surface area contributed by atoms with E-state index in [1.807, 2.05) is 0 Å². The highest BCUT2D eigenvalue weighted by molar-refractivity contribution is 7.80. The van der Waals surface area contributed by atoms with Crippen molar-refractivity contribution < 1.29 is 13.9 Å². The molecule has 0 fully saturated rings. The Morgan fingerprint density at radius 2 is 2.15 bits per heavy atom. The fraction of sp³-hybridized carbons (Fsp3) is 0.143. The summed E-state index contributed by atoms with van der Waals surface area (Å²) in [6.45, 7) is 0.211. The second-order valence-electron chi connectivity index (χ2n) is 3.97. The zero-order valence-electron chi connectivity index (χ0n) is 10.8. The van der Waals surface area contributed by atoms with E-state index in [1.54, 1.807) is 24.3 Å². The zero-order valence-corrected chi connectivity index (χ0v) is 11.6. The van der Waals surface area contributed by atoms with E-state index < -0.39 is 5.82 Å². The van der Waals surface area contributed by atoms with E-state index in [1.165, 1.54) is 19.2 Å². The summed E-state index contributed by atoms with van der Waals surface area (Å²) in [6, 6.07) is 9.68. The largest absolute Gasteiger partial charge is 0.487 e. The lowest BCUT2D eigenvalue weighted by atomic mass is 10.2. The van der Waals surface area contributed by atoms with Gasteiger partial charge in [-0.1, -0.05) is 18.3 Å². The van der Waals surface area contributed by atoms with Crippen molar-refractivity contribution in [2.75, 3.05) is 7.11 Å². The lowest BCUT2D eigenvalue weighted by Gasteiger charge is -2.08. The number of thiocarbonyl (C=S) groups is 1. The van der Waals surface area contributed by atoms with Crippen molar-refractivity contribution in [3.05, 3.63) is 53.5 Å². The molecule has 1 aromatic carbocycles. The molecule has 2 N–H and O–H groups in total. The summed E-state index contributed by atoms with van der Waals surface area (Å²) in [5.41, 5.74) is 6.27. The van der Waals surface area contributed by atoms with E-state index in [4.69, 9.17) is 27.4 Å². The summed E-state index contributed by atoms with van der Waals surface area (Å²) in [6.07, 6.45) is 0. The summed E-state index contributed by atoms with van der Waals surface area (Å²) in [5, 5.41) is 0. The molecule has 4 nitrogen and oxygen atoms in total. The highest BCUT2D eigenvalue weighted by Gasteiger charge is 2.07. The van der Waals surface area contributed by atoms with Gasteiger partial charge < -0.3 is 15.2 Å². The molecule has 20 heavy (non-hydrogen) atoms. The number of aromatic nitrogens is 1. The van der Waals surface area contributed by atoms with Crippen molar-refractivity contribution >= 4 is 17.2 Å². The normalized spacial score (nSPS) is 10.1. The highest BCUT2D eigenvalue weighted by atomic mass is 32.1. The van der Waals surface area contributed by atoms with E-state index in [0.717, 1.165) is 0 Å². The minimum absolute atomic E-state index is 0.0171. The van der Waals surface area contributed by atoms with Gasteiger partial charge in [0.15, 0.2) is 0 Å². The average molecular weight is 292 g/mol. The number of methoxy groups -OCH3 is 1. The maximum Gasteiger partial charge on any atom is 0.213 e. The smallest absolute Gasteiger partial charge is 0.213 e. The Bertz CT molecular complexity index is 634. The quantitative estimate of drug-likeness (QED) is 0.858. The molecule has 1 heterocycles. The third-order valence-corrected chi connectivity index (χ3v) is 2.80. The van der Waals surface area contributed by atoms with E-state index >= 15 is 0 Å². The average Bonchev–Trinajstić information content (AvgIpc) is 2.45. The molecule has 0 radical (unpaired) electrons. The fourth-order valence-corrected chi connectivity index (χ4v) is 1.76. The minimum Gasteiger partial charge on any atom is -0.487 e. The molecule has 0 amide bonds. The summed E-state index contributed by atoms with van der Waals surface area (Å²) in [4.78, 5) is 4.21. The van der Waals surface area contributed by atoms with Crippen LogP contribution < -0.4 is 15.2 Å². The van der Waals surface area contributed by atoms with Crippen LogP contribution in [0.2, 0.25) is 0 Å². The minimum atomic E-state index is -0.506. The molecular formula is C14H13FN2O2S. The van der Waals surface area contributed by atoms with Gasteiger partial charge in [-0.25, -0.2) is 9.37 Å². The van der Waals surface area contributed by atoms with Gasteiger partial charge in [-0.2, -0.15) is 0 Å². The molecule has 1 aromatic heterocycles. The summed E-state index contributed by atoms with van der Waals surface area (Å²) in [7, 11) is 1.54. The topological polar surface area (TPSA) is 57.4 Å². The summed E-state index contributed by atoms with van der Waals surface area (Å²) >= 11 is 4.73. The fourth-order valence-electron chi connectivity index (χ4n) is 1.59. The van der Waals surface area contributed by atoms with Crippen LogP contribution in [0.3, 0.4) is 0 Å². The standard InChI is InChI=1S/C14H13FN2O2S/c1-18-13-4-2-3-9(17-13)8-19-10-5-6-11(14(16)20)12(15)7-10/h2-7H,8H2,1H3,(H2,16,20). The number of hydrogen-bond acceptors (Lipinski definition) is 4. The third kappa shape index (κ3) is 3.42. The van der Waals surface area contributed by atoms with Crippen LogP contribution in [0.4, 0.5) is 4.39 Å². The predicted molar refractivity (Wildman–Crippen MR) is 77.4 cm³/mol. The molecule has 0 atom stereocenters. The van der Waals surface area contributed by atoms with Gasteiger partial charge >= 0.3 is 0 Å². The van der Waals surface area contributed by atoms with Crippen LogP contribution in [0.15, 0.2) is 36.4 Å². The number of benzene rings is 1. The van der Waals surface area contributed by atoms with Crippen LogP contribution in [-0.2, 0) is 6.61 Å². The maximum atomic E-state index is 13.7. The van der Waals surface area contributed by atoms with Gasteiger partial charge in [0.1, 0.15) is 23.2 Å². The van der Waals surface area contributed by atoms with Crippen molar-refractivity contribution in [1.29, 1.82) is 0 Å². The molecule has 0 unspecified atom stereocenters. The van der Waals surface area contributed by atoms with Gasteiger partial charge in [0.2, 0.25) is 5.88 Å². The lowest BCUT2D eigenvalue weighted by molar-refractivity contribution is 0.296. The first kappa shape index (κ1) is 14.2. The first-order valence-corrected chi connectivity index (χ1v) is 6.23. The van der Waals surface area contributed by atoms with Crippen molar-refractivity contribution in [2.45, 2.75) is 6.61 Å². The Morgan fingerprint density at radius 3 is 2.80 bits per heavy atom. The molecule has 104 valence electrons. The number of rotatable bonds is 5. The number of hydrogen-bond donors (Lipinski definition) is 1. The second-order valence-corrected chi connectivity index (χ2v) is 4.41. The molecule has 0 spiro atoms. The zero-order chi connectivity index (χ0) is 14.5.